The molecule has 0 aliphatic rings. The fourth-order valence-electron chi connectivity index (χ4n) is 3.25. The van der Waals surface area contributed by atoms with Crippen LogP contribution in [0.5, 0.6) is 0 Å². The average molecular weight is 421 g/mol. The SMILES string of the molecule is CC(C)c1ccc(-c2csc3ncn(CC(=O)Nc4ccccc4F)c(=O)c23)cc1. The maximum atomic E-state index is 13.8. The summed E-state index contributed by atoms with van der Waals surface area (Å²) in [7, 11) is 0. The Bertz CT molecular complexity index is 1280. The fourth-order valence-corrected chi connectivity index (χ4v) is 4.15. The molecule has 7 heteroatoms. The van der Waals surface area contributed by atoms with Gasteiger partial charge in [-0.05, 0) is 29.2 Å². The molecule has 0 bridgehead atoms. The van der Waals surface area contributed by atoms with E-state index in [9.17, 15) is 14.0 Å². The molecule has 4 aromatic rings. The monoisotopic (exact) mass is 421 g/mol. The molecule has 0 aliphatic heterocycles. The minimum atomic E-state index is -0.531. The highest BCUT2D eigenvalue weighted by Gasteiger charge is 2.15. The number of anilines is 1. The quantitative estimate of drug-likeness (QED) is 0.492. The summed E-state index contributed by atoms with van der Waals surface area (Å²) in [5.41, 5.74) is 2.72. The van der Waals surface area contributed by atoms with E-state index in [0.29, 0.717) is 16.1 Å². The van der Waals surface area contributed by atoms with Gasteiger partial charge in [0, 0.05) is 10.9 Å². The van der Waals surface area contributed by atoms with Crippen LogP contribution in [0.4, 0.5) is 10.1 Å². The number of hydrogen-bond acceptors (Lipinski definition) is 4. The van der Waals surface area contributed by atoms with Crippen molar-refractivity contribution in [3.8, 4) is 11.1 Å². The Morgan fingerprint density at radius 3 is 2.60 bits per heavy atom. The normalized spacial score (nSPS) is 11.2. The van der Waals surface area contributed by atoms with Gasteiger partial charge in [-0.1, -0.05) is 50.2 Å². The molecule has 5 nitrogen and oxygen atoms in total. The number of para-hydroxylation sites is 1. The molecule has 0 saturated heterocycles. The van der Waals surface area contributed by atoms with E-state index in [0.717, 1.165) is 11.1 Å². The van der Waals surface area contributed by atoms with Crippen LogP contribution in [-0.4, -0.2) is 15.5 Å². The number of carbonyl (C=O) groups is 1. The zero-order valence-corrected chi connectivity index (χ0v) is 17.4. The molecular formula is C23H20FN3O2S. The summed E-state index contributed by atoms with van der Waals surface area (Å²) >= 11 is 1.39. The summed E-state index contributed by atoms with van der Waals surface area (Å²) in [5.74, 6) is -0.608. The zero-order valence-electron chi connectivity index (χ0n) is 16.6. The standard InChI is InChI=1S/C23H20FN3O2S/c1-14(2)15-7-9-16(10-8-15)17-12-30-22-21(17)23(29)27(13-25-22)11-20(28)26-19-6-4-3-5-18(19)24/h3-10,12-14H,11H2,1-2H3,(H,26,28). The second-order valence-corrected chi connectivity index (χ2v) is 8.17. The van der Waals surface area contributed by atoms with Crippen LogP contribution < -0.4 is 10.9 Å². The van der Waals surface area contributed by atoms with Gasteiger partial charge in [-0.25, -0.2) is 9.37 Å². The van der Waals surface area contributed by atoms with Crippen LogP contribution in [0.25, 0.3) is 21.3 Å². The number of fused-ring (bicyclic) bond motifs is 1. The molecule has 4 rings (SSSR count). The van der Waals surface area contributed by atoms with Crippen molar-refractivity contribution in [2.45, 2.75) is 26.3 Å². The van der Waals surface area contributed by atoms with Crippen LogP contribution in [0, 0.1) is 5.82 Å². The molecule has 0 unspecified atom stereocenters. The molecule has 0 atom stereocenters. The molecule has 0 aliphatic carbocycles. The van der Waals surface area contributed by atoms with Crippen LogP contribution in [-0.2, 0) is 11.3 Å². The van der Waals surface area contributed by atoms with E-state index in [2.05, 4.69) is 36.3 Å². The van der Waals surface area contributed by atoms with Gasteiger partial charge >= 0.3 is 0 Å². The lowest BCUT2D eigenvalue weighted by atomic mass is 9.99. The molecule has 2 aromatic carbocycles. The molecule has 2 aromatic heterocycles. The van der Waals surface area contributed by atoms with Crippen molar-refractivity contribution in [2.24, 2.45) is 0 Å². The first-order chi connectivity index (χ1) is 14.4. The van der Waals surface area contributed by atoms with E-state index in [4.69, 9.17) is 0 Å². The van der Waals surface area contributed by atoms with Crippen LogP contribution in [0.3, 0.4) is 0 Å². The van der Waals surface area contributed by atoms with E-state index in [1.54, 1.807) is 12.1 Å². The first-order valence-corrected chi connectivity index (χ1v) is 10.4. The number of aromatic nitrogens is 2. The molecule has 2 heterocycles. The fraction of sp³-hybridized carbons (Fsp3) is 0.174. The molecule has 1 N–H and O–H groups in total. The number of halogens is 1. The van der Waals surface area contributed by atoms with Crippen molar-refractivity contribution in [1.82, 2.24) is 9.55 Å². The summed E-state index contributed by atoms with van der Waals surface area (Å²) in [6.07, 6.45) is 1.35. The van der Waals surface area contributed by atoms with Crippen LogP contribution in [0.2, 0.25) is 0 Å². The Labute approximate surface area is 176 Å². The third-order valence-electron chi connectivity index (χ3n) is 4.91. The lowest BCUT2D eigenvalue weighted by molar-refractivity contribution is -0.116. The van der Waals surface area contributed by atoms with E-state index in [-0.39, 0.29) is 17.8 Å². The summed E-state index contributed by atoms with van der Waals surface area (Å²) < 4.78 is 15.0. The van der Waals surface area contributed by atoms with Crippen molar-refractivity contribution in [2.75, 3.05) is 5.32 Å². The Kier molecular flexibility index (Phi) is 5.46. The van der Waals surface area contributed by atoms with E-state index < -0.39 is 11.7 Å². The summed E-state index contributed by atoms with van der Waals surface area (Å²) in [6.45, 7) is 4.01. The lowest BCUT2D eigenvalue weighted by Gasteiger charge is -2.09. The lowest BCUT2D eigenvalue weighted by Crippen LogP contribution is -2.28. The van der Waals surface area contributed by atoms with Crippen molar-refractivity contribution in [1.29, 1.82) is 0 Å². The second-order valence-electron chi connectivity index (χ2n) is 7.31. The zero-order chi connectivity index (χ0) is 21.3. The van der Waals surface area contributed by atoms with Gasteiger partial charge in [0.2, 0.25) is 5.91 Å². The van der Waals surface area contributed by atoms with Crippen molar-refractivity contribution < 1.29 is 9.18 Å². The third-order valence-corrected chi connectivity index (χ3v) is 5.80. The second kappa shape index (κ2) is 8.20. The summed E-state index contributed by atoms with van der Waals surface area (Å²) in [4.78, 5) is 30.4. The van der Waals surface area contributed by atoms with E-state index >= 15 is 0 Å². The smallest absolute Gasteiger partial charge is 0.263 e. The number of nitrogens with zero attached hydrogens (tertiary/aromatic N) is 2. The number of benzene rings is 2. The van der Waals surface area contributed by atoms with Crippen LogP contribution >= 0.6 is 11.3 Å². The molecule has 0 fully saturated rings. The topological polar surface area (TPSA) is 64.0 Å². The number of rotatable bonds is 5. The predicted molar refractivity (Wildman–Crippen MR) is 118 cm³/mol. The van der Waals surface area contributed by atoms with Gasteiger partial charge in [0.1, 0.15) is 17.2 Å². The van der Waals surface area contributed by atoms with Gasteiger partial charge in [0.15, 0.2) is 0 Å². The summed E-state index contributed by atoms with van der Waals surface area (Å²) in [6, 6.07) is 14.0. The molecule has 1 amide bonds. The molecule has 152 valence electrons. The number of amides is 1. The van der Waals surface area contributed by atoms with Gasteiger partial charge in [-0.3, -0.25) is 14.2 Å². The van der Waals surface area contributed by atoms with Crippen molar-refractivity contribution in [3.63, 3.8) is 0 Å². The van der Waals surface area contributed by atoms with E-state index in [1.165, 1.54) is 39.9 Å². The molecular weight excluding hydrogens is 401 g/mol. The minimum Gasteiger partial charge on any atom is -0.322 e. The Hall–Kier alpha value is -3.32. The highest BCUT2D eigenvalue weighted by atomic mass is 32.1. The number of nitrogens with one attached hydrogen (secondary N) is 1. The van der Waals surface area contributed by atoms with Crippen molar-refractivity contribution in [3.05, 3.63) is 82.0 Å². The highest BCUT2D eigenvalue weighted by molar-refractivity contribution is 7.17. The third kappa shape index (κ3) is 3.89. The van der Waals surface area contributed by atoms with Gasteiger partial charge in [0.05, 0.1) is 17.4 Å². The average Bonchev–Trinajstić information content (AvgIpc) is 3.17. The van der Waals surface area contributed by atoms with Gasteiger partial charge in [-0.15, -0.1) is 11.3 Å². The van der Waals surface area contributed by atoms with Gasteiger partial charge < -0.3 is 5.32 Å². The largest absolute Gasteiger partial charge is 0.322 e. The number of hydrogen-bond donors (Lipinski definition) is 1. The maximum Gasteiger partial charge on any atom is 0.263 e. The minimum absolute atomic E-state index is 0.0750. The maximum absolute atomic E-state index is 13.8. The molecule has 0 saturated carbocycles. The highest BCUT2D eigenvalue weighted by Crippen LogP contribution is 2.31. The Morgan fingerprint density at radius 1 is 1.17 bits per heavy atom. The van der Waals surface area contributed by atoms with E-state index in [1.807, 2.05) is 17.5 Å². The van der Waals surface area contributed by atoms with Gasteiger partial charge in [0.25, 0.3) is 5.56 Å². The number of thiophene rings is 1. The number of carbonyl (C=O) groups excluding carboxylic acids is 1. The first-order valence-electron chi connectivity index (χ1n) is 9.55. The first kappa shape index (κ1) is 20.0. The summed E-state index contributed by atoms with van der Waals surface area (Å²) in [5, 5.41) is 4.89. The molecule has 30 heavy (non-hydrogen) atoms. The Morgan fingerprint density at radius 2 is 1.90 bits per heavy atom. The van der Waals surface area contributed by atoms with Crippen molar-refractivity contribution >= 4 is 33.1 Å². The predicted octanol–water partition coefficient (Wildman–Crippen LogP) is 5.03. The van der Waals surface area contributed by atoms with Crippen LogP contribution in [0.15, 0.2) is 65.0 Å². The van der Waals surface area contributed by atoms with Gasteiger partial charge in [-0.2, -0.15) is 0 Å². The molecule has 0 spiro atoms. The van der Waals surface area contributed by atoms with Crippen LogP contribution in [0.1, 0.15) is 25.3 Å². The molecule has 0 radical (unpaired) electrons. The Balaban J connectivity index is 1.65.